The summed E-state index contributed by atoms with van der Waals surface area (Å²) in [5.74, 6) is 0. The fraction of sp³-hybridized carbons (Fsp3) is 0.750. The Bertz CT molecular complexity index is 121. The van der Waals surface area contributed by atoms with E-state index in [1.165, 1.54) is 0 Å². The summed E-state index contributed by atoms with van der Waals surface area (Å²) in [6.45, 7) is 0. The molecular formula is C4H4BrClO2. The molecule has 0 bridgehead atoms. The molecule has 1 aliphatic carbocycles. The van der Waals surface area contributed by atoms with Crippen molar-refractivity contribution in [2.45, 2.75) is 17.4 Å². The van der Waals surface area contributed by atoms with Gasteiger partial charge in [0.15, 0.2) is 4.51 Å². The van der Waals surface area contributed by atoms with Crippen molar-refractivity contribution in [2.24, 2.45) is 0 Å². The van der Waals surface area contributed by atoms with Crippen LogP contribution in [0.4, 0.5) is 4.79 Å². The lowest BCUT2D eigenvalue weighted by Gasteiger charge is -2.02. The monoisotopic (exact) mass is 198 g/mol. The van der Waals surface area contributed by atoms with Crippen molar-refractivity contribution < 1.29 is 9.53 Å². The van der Waals surface area contributed by atoms with Crippen molar-refractivity contribution in [1.29, 1.82) is 0 Å². The van der Waals surface area contributed by atoms with Gasteiger partial charge in [-0.2, -0.15) is 0 Å². The van der Waals surface area contributed by atoms with Crippen LogP contribution in [0.2, 0.25) is 0 Å². The maximum Gasteiger partial charge on any atom is 0.405 e. The van der Waals surface area contributed by atoms with Crippen LogP contribution < -0.4 is 0 Å². The summed E-state index contributed by atoms with van der Waals surface area (Å²) < 4.78 is 4.19. The minimum atomic E-state index is -0.737. The van der Waals surface area contributed by atoms with Gasteiger partial charge >= 0.3 is 5.43 Å². The number of hydrogen-bond acceptors (Lipinski definition) is 2. The molecule has 0 amide bonds. The molecule has 0 heterocycles. The molecule has 1 saturated carbocycles. The molecule has 0 spiro atoms. The normalized spacial score (nSPS) is 22.2. The van der Waals surface area contributed by atoms with Crippen molar-refractivity contribution in [2.75, 3.05) is 0 Å². The lowest BCUT2D eigenvalue weighted by molar-refractivity contribution is 0.156. The first-order valence-electron chi connectivity index (χ1n) is 2.20. The van der Waals surface area contributed by atoms with Crippen molar-refractivity contribution >= 4 is 33.0 Å². The second-order valence-electron chi connectivity index (χ2n) is 1.72. The van der Waals surface area contributed by atoms with Gasteiger partial charge in [0.25, 0.3) is 0 Å². The number of hydrogen-bond donors (Lipinski definition) is 0. The van der Waals surface area contributed by atoms with Gasteiger partial charge in [-0.15, -0.1) is 0 Å². The van der Waals surface area contributed by atoms with E-state index in [1.807, 2.05) is 0 Å². The molecule has 1 fully saturated rings. The molecule has 1 aliphatic rings. The maximum absolute atomic E-state index is 10.0. The Balaban J connectivity index is 2.29. The molecule has 8 heavy (non-hydrogen) atoms. The number of rotatable bonds is 1. The fourth-order valence-corrected chi connectivity index (χ4v) is 0.930. The predicted octanol–water partition coefficient (Wildman–Crippen LogP) is 2.25. The molecule has 0 aromatic heterocycles. The van der Waals surface area contributed by atoms with Gasteiger partial charge in [0.05, 0.1) is 0 Å². The Kier molecular flexibility index (Phi) is 1.50. The van der Waals surface area contributed by atoms with Gasteiger partial charge in [-0.1, -0.05) is 0 Å². The maximum atomic E-state index is 10.0. The van der Waals surface area contributed by atoms with E-state index in [-0.39, 0.29) is 0 Å². The van der Waals surface area contributed by atoms with E-state index < -0.39 is 9.94 Å². The van der Waals surface area contributed by atoms with Crippen LogP contribution in [0.1, 0.15) is 12.8 Å². The first-order chi connectivity index (χ1) is 3.62. The van der Waals surface area contributed by atoms with Crippen LogP contribution in [-0.4, -0.2) is 9.94 Å². The lowest BCUT2D eigenvalue weighted by atomic mass is 10.8. The molecule has 0 atom stereocenters. The topological polar surface area (TPSA) is 26.3 Å². The van der Waals surface area contributed by atoms with Gasteiger partial charge in [0.2, 0.25) is 0 Å². The summed E-state index contributed by atoms with van der Waals surface area (Å²) >= 11 is 8.07. The lowest BCUT2D eigenvalue weighted by Crippen LogP contribution is -2.05. The Morgan fingerprint density at radius 2 is 2.25 bits per heavy atom. The Labute approximate surface area is 60.3 Å². The van der Waals surface area contributed by atoms with Crippen LogP contribution in [0, 0.1) is 0 Å². The van der Waals surface area contributed by atoms with Crippen molar-refractivity contribution in [3.05, 3.63) is 0 Å². The molecule has 2 nitrogen and oxygen atoms in total. The predicted molar refractivity (Wildman–Crippen MR) is 33.2 cm³/mol. The highest BCUT2D eigenvalue weighted by Gasteiger charge is 2.43. The highest BCUT2D eigenvalue weighted by molar-refractivity contribution is 9.10. The molecular weight excluding hydrogens is 195 g/mol. The summed E-state index contributed by atoms with van der Waals surface area (Å²) in [6.07, 6.45) is 1.73. The molecule has 0 aromatic rings. The zero-order valence-electron chi connectivity index (χ0n) is 3.99. The van der Waals surface area contributed by atoms with Gasteiger partial charge in [-0.05, 0) is 15.9 Å². The molecule has 4 heteroatoms. The third-order valence-electron chi connectivity index (χ3n) is 0.906. The Hall–Kier alpha value is 0.240. The van der Waals surface area contributed by atoms with Crippen LogP contribution in [0.5, 0.6) is 0 Å². The third kappa shape index (κ3) is 1.63. The van der Waals surface area contributed by atoms with Crippen LogP contribution in [0.15, 0.2) is 0 Å². The molecule has 46 valence electrons. The first kappa shape index (κ1) is 6.36. The van der Waals surface area contributed by atoms with E-state index >= 15 is 0 Å². The van der Waals surface area contributed by atoms with E-state index in [2.05, 4.69) is 20.7 Å². The summed E-state index contributed by atoms with van der Waals surface area (Å²) in [5.41, 5.74) is -0.737. The number of ether oxygens (including phenoxy) is 1. The third-order valence-corrected chi connectivity index (χ3v) is 1.94. The highest BCUT2D eigenvalue weighted by atomic mass is 79.9. The number of alkyl halides is 1. The van der Waals surface area contributed by atoms with Gasteiger partial charge in [0, 0.05) is 24.4 Å². The van der Waals surface area contributed by atoms with Gasteiger partial charge in [-0.25, -0.2) is 4.79 Å². The quantitative estimate of drug-likeness (QED) is 0.478. The minimum Gasteiger partial charge on any atom is -0.435 e. The zero-order chi connectivity index (χ0) is 6.20. The molecule has 0 unspecified atom stereocenters. The average Bonchev–Trinajstić information content (AvgIpc) is 2.17. The summed E-state index contributed by atoms with van der Waals surface area (Å²) in [6, 6.07) is 0. The Morgan fingerprint density at radius 1 is 1.75 bits per heavy atom. The fourth-order valence-electron chi connectivity index (χ4n) is 0.344. The Morgan fingerprint density at radius 3 is 2.38 bits per heavy atom. The van der Waals surface area contributed by atoms with E-state index in [0.717, 1.165) is 12.8 Å². The number of halogens is 2. The van der Waals surface area contributed by atoms with Gasteiger partial charge in [-0.3, -0.25) is 0 Å². The molecule has 1 rings (SSSR count). The smallest absolute Gasteiger partial charge is 0.405 e. The zero-order valence-corrected chi connectivity index (χ0v) is 6.33. The number of carbonyl (C=O) groups is 1. The minimum absolute atomic E-state index is 0.397. The molecule has 0 aromatic carbocycles. The molecule has 0 radical (unpaired) electrons. The highest BCUT2D eigenvalue weighted by Crippen LogP contribution is 2.45. The van der Waals surface area contributed by atoms with E-state index in [1.54, 1.807) is 0 Å². The van der Waals surface area contributed by atoms with Crippen LogP contribution in [-0.2, 0) is 4.74 Å². The van der Waals surface area contributed by atoms with Gasteiger partial charge in [0.1, 0.15) is 0 Å². The summed E-state index contributed by atoms with van der Waals surface area (Å²) in [5, 5.41) is 0. The second kappa shape index (κ2) is 1.88. The summed E-state index contributed by atoms with van der Waals surface area (Å²) in [4.78, 5) is 10.0. The summed E-state index contributed by atoms with van der Waals surface area (Å²) in [7, 11) is 0. The SMILES string of the molecule is O=C(Cl)OC1(Br)CC1. The first-order valence-corrected chi connectivity index (χ1v) is 3.37. The standard InChI is InChI=1S/C4H4BrClO2/c5-4(1-2-4)8-3(6)7/h1-2H2. The van der Waals surface area contributed by atoms with E-state index in [4.69, 9.17) is 11.6 Å². The molecule has 0 aliphatic heterocycles. The number of carbonyl (C=O) groups excluding carboxylic acids is 1. The van der Waals surface area contributed by atoms with Gasteiger partial charge < -0.3 is 4.74 Å². The average molecular weight is 199 g/mol. The van der Waals surface area contributed by atoms with Crippen LogP contribution in [0.25, 0.3) is 0 Å². The van der Waals surface area contributed by atoms with E-state index in [9.17, 15) is 4.79 Å². The van der Waals surface area contributed by atoms with Crippen molar-refractivity contribution in [3.63, 3.8) is 0 Å². The van der Waals surface area contributed by atoms with Crippen LogP contribution in [0.3, 0.4) is 0 Å². The largest absolute Gasteiger partial charge is 0.435 e. The molecule has 0 saturated heterocycles. The van der Waals surface area contributed by atoms with Crippen molar-refractivity contribution in [1.82, 2.24) is 0 Å². The molecule has 0 N–H and O–H groups in total. The van der Waals surface area contributed by atoms with E-state index in [0.29, 0.717) is 0 Å². The van der Waals surface area contributed by atoms with Crippen molar-refractivity contribution in [3.8, 4) is 0 Å². The van der Waals surface area contributed by atoms with Crippen LogP contribution >= 0.6 is 27.5 Å². The second-order valence-corrected chi connectivity index (χ2v) is 3.48.